The van der Waals surface area contributed by atoms with Crippen LogP contribution < -0.4 is 4.74 Å². The van der Waals surface area contributed by atoms with Crippen LogP contribution in [0.3, 0.4) is 0 Å². The Morgan fingerprint density at radius 2 is 1.79 bits per heavy atom. The quantitative estimate of drug-likeness (QED) is 0.611. The van der Waals surface area contributed by atoms with Crippen molar-refractivity contribution in [2.24, 2.45) is 0 Å². The van der Waals surface area contributed by atoms with Gasteiger partial charge in [0, 0.05) is 13.3 Å². The monoisotopic (exact) mass is 262 g/mol. The van der Waals surface area contributed by atoms with Crippen LogP contribution >= 0.6 is 0 Å². The Hall–Kier alpha value is -1.28. The van der Waals surface area contributed by atoms with Gasteiger partial charge in [0.2, 0.25) is 5.79 Å². The van der Waals surface area contributed by atoms with Crippen LogP contribution in [0.1, 0.15) is 52.5 Å². The molecule has 2 nitrogen and oxygen atoms in total. The molecule has 1 atom stereocenters. The van der Waals surface area contributed by atoms with Gasteiger partial charge in [-0.15, -0.1) is 0 Å². The molecule has 0 aromatic heterocycles. The first-order valence-electron chi connectivity index (χ1n) is 7.09. The average Bonchev–Trinajstić information content (AvgIpc) is 2.37. The third kappa shape index (κ3) is 5.07. The van der Waals surface area contributed by atoms with Gasteiger partial charge in [-0.05, 0) is 37.5 Å². The Bertz CT molecular complexity index is 394. The van der Waals surface area contributed by atoms with Crippen LogP contribution in [-0.2, 0) is 4.74 Å². The first kappa shape index (κ1) is 15.8. The van der Waals surface area contributed by atoms with Crippen LogP contribution in [0.4, 0.5) is 0 Å². The average molecular weight is 262 g/mol. The minimum Gasteiger partial charge on any atom is -0.463 e. The molecule has 1 rings (SSSR count). The van der Waals surface area contributed by atoms with E-state index in [4.69, 9.17) is 9.47 Å². The zero-order valence-corrected chi connectivity index (χ0v) is 12.7. The first-order chi connectivity index (χ1) is 9.00. The molecule has 0 N–H and O–H groups in total. The number of rotatable bonds is 8. The molecule has 0 fully saturated rings. The van der Waals surface area contributed by atoms with Crippen molar-refractivity contribution in [1.29, 1.82) is 0 Å². The summed E-state index contributed by atoms with van der Waals surface area (Å²) in [7, 11) is 0. The predicted molar refractivity (Wildman–Crippen MR) is 81.3 cm³/mol. The number of benzene rings is 1. The lowest BCUT2D eigenvalue weighted by atomic mass is 10.1. The molecule has 1 unspecified atom stereocenters. The van der Waals surface area contributed by atoms with Crippen molar-refractivity contribution in [3.63, 3.8) is 0 Å². The highest BCUT2D eigenvalue weighted by Crippen LogP contribution is 2.25. The smallest absolute Gasteiger partial charge is 0.207 e. The molecule has 0 saturated carbocycles. The minimum absolute atomic E-state index is 0.532. The molecule has 0 radical (unpaired) electrons. The molecule has 19 heavy (non-hydrogen) atoms. The highest BCUT2D eigenvalue weighted by Gasteiger charge is 2.25. The van der Waals surface area contributed by atoms with Gasteiger partial charge in [-0.1, -0.05) is 38.1 Å². The fourth-order valence-corrected chi connectivity index (χ4v) is 1.98. The second-order valence-corrected chi connectivity index (χ2v) is 5.14. The molecular weight excluding hydrogens is 236 g/mol. The van der Waals surface area contributed by atoms with Gasteiger partial charge in [0.15, 0.2) is 0 Å². The van der Waals surface area contributed by atoms with Crippen molar-refractivity contribution in [3.05, 3.63) is 36.4 Å². The van der Waals surface area contributed by atoms with Gasteiger partial charge in [-0.2, -0.15) is 0 Å². The summed E-state index contributed by atoms with van der Waals surface area (Å²) in [6.45, 7) is 12.9. The highest BCUT2D eigenvalue weighted by molar-refractivity contribution is 5.61. The molecule has 0 aliphatic carbocycles. The third-order valence-electron chi connectivity index (χ3n) is 3.00. The van der Waals surface area contributed by atoms with Gasteiger partial charge in [-0.3, -0.25) is 0 Å². The van der Waals surface area contributed by atoms with E-state index < -0.39 is 5.79 Å². The molecule has 1 aromatic rings. The Morgan fingerprint density at radius 1 is 1.16 bits per heavy atom. The zero-order chi connectivity index (χ0) is 14.3. The Kier molecular flexibility index (Phi) is 6.10. The van der Waals surface area contributed by atoms with Gasteiger partial charge in [0.05, 0.1) is 6.61 Å². The van der Waals surface area contributed by atoms with E-state index in [1.165, 1.54) is 0 Å². The van der Waals surface area contributed by atoms with E-state index in [0.29, 0.717) is 0 Å². The molecule has 0 heterocycles. The Morgan fingerprint density at radius 3 is 2.26 bits per heavy atom. The van der Waals surface area contributed by atoms with E-state index in [0.717, 1.165) is 42.8 Å². The summed E-state index contributed by atoms with van der Waals surface area (Å²) >= 11 is 0. The Balaban J connectivity index is 2.75. The van der Waals surface area contributed by atoms with E-state index in [1.54, 1.807) is 0 Å². The number of ether oxygens (including phenoxy) is 2. The molecule has 0 amide bonds. The van der Waals surface area contributed by atoms with Gasteiger partial charge in [-0.25, -0.2) is 0 Å². The van der Waals surface area contributed by atoms with Crippen LogP contribution in [0.25, 0.3) is 5.57 Å². The maximum Gasteiger partial charge on any atom is 0.207 e. The fourth-order valence-electron chi connectivity index (χ4n) is 1.98. The number of allylic oxidation sites excluding steroid dienone is 1. The fraction of sp³-hybridized carbons (Fsp3) is 0.529. The Labute approximate surface area is 117 Å². The van der Waals surface area contributed by atoms with E-state index in [1.807, 2.05) is 38.1 Å². The zero-order valence-electron chi connectivity index (χ0n) is 12.7. The second kappa shape index (κ2) is 7.34. The van der Waals surface area contributed by atoms with Crippen LogP contribution in [0.5, 0.6) is 5.75 Å². The van der Waals surface area contributed by atoms with E-state index in [9.17, 15) is 0 Å². The van der Waals surface area contributed by atoms with Crippen molar-refractivity contribution < 1.29 is 9.47 Å². The van der Waals surface area contributed by atoms with Crippen LogP contribution in [-0.4, -0.2) is 12.4 Å². The normalized spacial score (nSPS) is 13.9. The molecule has 1 aromatic carbocycles. The van der Waals surface area contributed by atoms with E-state index in [2.05, 4.69) is 20.4 Å². The topological polar surface area (TPSA) is 18.5 Å². The molecule has 0 aliphatic rings. The summed E-state index contributed by atoms with van der Waals surface area (Å²) in [5.74, 6) is 0.312. The van der Waals surface area contributed by atoms with Crippen LogP contribution in [0, 0.1) is 0 Å². The summed E-state index contributed by atoms with van der Waals surface area (Å²) in [4.78, 5) is 0. The highest BCUT2D eigenvalue weighted by atomic mass is 16.7. The summed E-state index contributed by atoms with van der Waals surface area (Å²) in [5.41, 5.74) is 2.20. The lowest BCUT2D eigenvalue weighted by Crippen LogP contribution is -2.36. The summed E-state index contributed by atoms with van der Waals surface area (Å²) in [6.07, 6.45) is 2.91. The van der Waals surface area contributed by atoms with Gasteiger partial charge in [0.25, 0.3) is 0 Å². The molecule has 2 heteroatoms. The van der Waals surface area contributed by atoms with E-state index in [-0.39, 0.29) is 0 Å². The van der Waals surface area contributed by atoms with E-state index >= 15 is 0 Å². The van der Waals surface area contributed by atoms with Crippen molar-refractivity contribution >= 4 is 5.57 Å². The van der Waals surface area contributed by atoms with Crippen molar-refractivity contribution in [3.8, 4) is 5.75 Å². The van der Waals surface area contributed by atoms with Gasteiger partial charge in [0.1, 0.15) is 5.75 Å². The molecule has 0 saturated heterocycles. The molecular formula is C17H26O2. The number of hydrogen-bond acceptors (Lipinski definition) is 2. The maximum atomic E-state index is 6.03. The molecule has 0 aliphatic heterocycles. The summed E-state index contributed by atoms with van der Waals surface area (Å²) < 4.78 is 11.9. The lowest BCUT2D eigenvalue weighted by Gasteiger charge is -2.30. The summed E-state index contributed by atoms with van der Waals surface area (Å²) in [6, 6.07) is 8.02. The van der Waals surface area contributed by atoms with Gasteiger partial charge >= 0.3 is 0 Å². The van der Waals surface area contributed by atoms with Crippen LogP contribution in [0.2, 0.25) is 0 Å². The molecule has 0 spiro atoms. The largest absolute Gasteiger partial charge is 0.463 e. The standard InChI is InChI=1S/C17H26O2/c1-6-12-17(5,18-13-7-2)19-16-10-8-15(9-11-16)14(3)4/h8-11H,3,6-7,12-13H2,1-2,4-5H3. The number of hydrogen-bond donors (Lipinski definition) is 0. The molecule has 106 valence electrons. The molecule has 0 bridgehead atoms. The first-order valence-corrected chi connectivity index (χ1v) is 7.09. The second-order valence-electron chi connectivity index (χ2n) is 5.14. The van der Waals surface area contributed by atoms with Gasteiger partial charge < -0.3 is 9.47 Å². The van der Waals surface area contributed by atoms with Crippen molar-refractivity contribution in [1.82, 2.24) is 0 Å². The summed E-state index contributed by atoms with van der Waals surface area (Å²) in [5, 5.41) is 0. The third-order valence-corrected chi connectivity index (χ3v) is 3.00. The minimum atomic E-state index is -0.532. The maximum absolute atomic E-state index is 6.03. The SMILES string of the molecule is C=C(C)c1ccc(OC(C)(CCC)OCCC)cc1. The van der Waals surface area contributed by atoms with Crippen LogP contribution in [0.15, 0.2) is 30.8 Å². The van der Waals surface area contributed by atoms with Crippen molar-refractivity contribution in [2.75, 3.05) is 6.61 Å². The lowest BCUT2D eigenvalue weighted by molar-refractivity contribution is -0.174. The predicted octanol–water partition coefficient (Wildman–Crippen LogP) is 5.04. The van der Waals surface area contributed by atoms with Crippen molar-refractivity contribution in [2.45, 2.75) is 52.7 Å².